The van der Waals surface area contributed by atoms with Crippen LogP contribution < -0.4 is 9.47 Å². The van der Waals surface area contributed by atoms with Crippen LogP contribution in [0.3, 0.4) is 0 Å². The smallest absolute Gasteiger partial charge is 0.196 e. The van der Waals surface area contributed by atoms with Gasteiger partial charge in [0.2, 0.25) is 0 Å². The Morgan fingerprint density at radius 1 is 1.00 bits per heavy atom. The number of carbonyl (C=O) groups excluding carboxylic acids is 1. The highest BCUT2D eigenvalue weighted by atomic mass is 35.5. The van der Waals surface area contributed by atoms with E-state index in [1.165, 1.54) is 11.8 Å². The number of methoxy groups -OCH3 is 1. The number of thioether (sulfide) groups is 1. The number of ketones is 1. The predicted molar refractivity (Wildman–Crippen MR) is 130 cm³/mol. The molecule has 1 unspecified atom stereocenters. The molecular formula is C25H22ClN3O3S. The Labute approximate surface area is 201 Å². The minimum Gasteiger partial charge on any atom is -0.497 e. The van der Waals surface area contributed by atoms with E-state index >= 15 is 0 Å². The summed E-state index contributed by atoms with van der Waals surface area (Å²) in [5.41, 5.74) is 1.49. The van der Waals surface area contributed by atoms with Crippen LogP contribution in [0.25, 0.3) is 5.69 Å². The normalized spacial score (nSPS) is 11.7. The molecule has 0 saturated carbocycles. The molecule has 0 aliphatic carbocycles. The number of nitrogens with zero attached hydrogens (tertiary/aromatic N) is 3. The number of Topliss-reactive ketones (excluding diaryl/α,β-unsaturated/α-hetero) is 1. The van der Waals surface area contributed by atoms with Gasteiger partial charge in [0.25, 0.3) is 0 Å². The molecule has 0 aliphatic heterocycles. The van der Waals surface area contributed by atoms with Crippen molar-refractivity contribution in [2.45, 2.75) is 18.2 Å². The van der Waals surface area contributed by atoms with E-state index in [0.29, 0.717) is 33.1 Å². The highest BCUT2D eigenvalue weighted by Gasteiger charge is 2.22. The van der Waals surface area contributed by atoms with Crippen LogP contribution in [0.2, 0.25) is 5.02 Å². The van der Waals surface area contributed by atoms with Crippen molar-refractivity contribution in [3.63, 3.8) is 0 Å². The number of ether oxygens (including phenoxy) is 2. The molecule has 6 nitrogen and oxygen atoms in total. The summed E-state index contributed by atoms with van der Waals surface area (Å²) >= 11 is 7.26. The second-order valence-electron chi connectivity index (χ2n) is 7.17. The molecule has 0 amide bonds. The number of halogens is 1. The van der Waals surface area contributed by atoms with E-state index in [9.17, 15) is 4.79 Å². The van der Waals surface area contributed by atoms with Crippen LogP contribution in [-0.2, 0) is 0 Å². The Balaban J connectivity index is 1.59. The molecule has 1 heterocycles. The maximum absolute atomic E-state index is 12.7. The van der Waals surface area contributed by atoms with Gasteiger partial charge in [-0.05, 0) is 55.5 Å². The fraction of sp³-hybridized carbons (Fsp3) is 0.160. The third-order valence-electron chi connectivity index (χ3n) is 4.89. The summed E-state index contributed by atoms with van der Waals surface area (Å²) in [5, 5.41) is 9.97. The maximum atomic E-state index is 12.7. The van der Waals surface area contributed by atoms with E-state index in [-0.39, 0.29) is 11.5 Å². The number of aromatic nitrogens is 3. The minimum atomic E-state index is -0.397. The van der Waals surface area contributed by atoms with E-state index in [1.54, 1.807) is 31.4 Å². The molecule has 168 valence electrons. The van der Waals surface area contributed by atoms with Crippen LogP contribution in [0.1, 0.15) is 29.2 Å². The Hall–Kier alpha value is -3.29. The molecule has 1 aromatic heterocycles. The topological polar surface area (TPSA) is 66.2 Å². The van der Waals surface area contributed by atoms with E-state index in [0.717, 1.165) is 5.69 Å². The summed E-state index contributed by atoms with van der Waals surface area (Å²) in [6.07, 6.45) is -0.397. The van der Waals surface area contributed by atoms with Gasteiger partial charge in [-0.2, -0.15) is 0 Å². The monoisotopic (exact) mass is 479 g/mol. The van der Waals surface area contributed by atoms with Gasteiger partial charge in [0, 0.05) is 22.3 Å². The molecule has 4 rings (SSSR count). The summed E-state index contributed by atoms with van der Waals surface area (Å²) in [6.45, 7) is 1.91. The van der Waals surface area contributed by atoms with Crippen molar-refractivity contribution in [3.05, 3.63) is 95.3 Å². The largest absolute Gasteiger partial charge is 0.497 e. The fourth-order valence-electron chi connectivity index (χ4n) is 3.24. The molecule has 8 heteroatoms. The highest BCUT2D eigenvalue weighted by Crippen LogP contribution is 2.29. The SMILES string of the molecule is COc1cccc(OC(C)c2nnc(SCC(=O)c3ccc(Cl)cc3)n2-c2ccccc2)c1. The van der Waals surface area contributed by atoms with E-state index in [2.05, 4.69) is 10.2 Å². The van der Waals surface area contributed by atoms with Crippen molar-refractivity contribution < 1.29 is 14.3 Å². The molecule has 0 aliphatic rings. The van der Waals surface area contributed by atoms with Gasteiger partial charge in [-0.15, -0.1) is 10.2 Å². The lowest BCUT2D eigenvalue weighted by Gasteiger charge is -2.17. The Bertz CT molecular complexity index is 1230. The molecular weight excluding hydrogens is 458 g/mol. The van der Waals surface area contributed by atoms with Crippen LogP contribution >= 0.6 is 23.4 Å². The number of hydrogen-bond donors (Lipinski definition) is 0. The van der Waals surface area contributed by atoms with Gasteiger partial charge >= 0.3 is 0 Å². The van der Waals surface area contributed by atoms with Gasteiger partial charge in [-0.3, -0.25) is 9.36 Å². The first-order chi connectivity index (χ1) is 16.0. The maximum Gasteiger partial charge on any atom is 0.196 e. The quantitative estimate of drug-likeness (QED) is 0.215. The third kappa shape index (κ3) is 5.56. The van der Waals surface area contributed by atoms with Gasteiger partial charge in [-0.25, -0.2) is 0 Å². The second kappa shape index (κ2) is 10.6. The van der Waals surface area contributed by atoms with Crippen LogP contribution in [0.15, 0.2) is 84.0 Å². The average molecular weight is 480 g/mol. The van der Waals surface area contributed by atoms with E-state index in [4.69, 9.17) is 21.1 Å². The second-order valence-corrected chi connectivity index (χ2v) is 8.55. The summed E-state index contributed by atoms with van der Waals surface area (Å²) < 4.78 is 13.3. The van der Waals surface area contributed by atoms with Crippen LogP contribution in [0.4, 0.5) is 0 Å². The van der Waals surface area contributed by atoms with Crippen molar-refractivity contribution in [2.24, 2.45) is 0 Å². The summed E-state index contributed by atoms with van der Waals surface area (Å²) in [6, 6.07) is 24.0. The molecule has 1 atom stereocenters. The van der Waals surface area contributed by atoms with Gasteiger partial charge in [0.15, 0.2) is 22.9 Å². The Morgan fingerprint density at radius 3 is 2.45 bits per heavy atom. The zero-order valence-corrected chi connectivity index (χ0v) is 19.7. The van der Waals surface area contributed by atoms with Gasteiger partial charge in [-0.1, -0.05) is 47.6 Å². The van der Waals surface area contributed by atoms with Crippen LogP contribution in [0, 0.1) is 0 Å². The highest BCUT2D eigenvalue weighted by molar-refractivity contribution is 7.99. The molecule has 3 aromatic carbocycles. The van der Waals surface area contributed by atoms with Gasteiger partial charge < -0.3 is 9.47 Å². The van der Waals surface area contributed by atoms with Crippen molar-refractivity contribution in [1.29, 1.82) is 0 Å². The molecule has 0 fully saturated rings. The zero-order chi connectivity index (χ0) is 23.2. The number of hydrogen-bond acceptors (Lipinski definition) is 6. The standard InChI is InChI=1S/C25H22ClN3O3S/c1-17(32-22-10-6-9-21(15-22)31-2)24-27-28-25(29(24)20-7-4-3-5-8-20)33-16-23(30)18-11-13-19(26)14-12-18/h3-15,17H,16H2,1-2H3. The molecule has 0 spiro atoms. The van der Waals surface area contributed by atoms with E-state index < -0.39 is 6.10 Å². The molecule has 0 bridgehead atoms. The number of carbonyl (C=O) groups is 1. The average Bonchev–Trinajstić information content (AvgIpc) is 3.28. The van der Waals surface area contributed by atoms with Crippen molar-refractivity contribution in [2.75, 3.05) is 12.9 Å². The zero-order valence-electron chi connectivity index (χ0n) is 18.1. The summed E-state index contributed by atoms with van der Waals surface area (Å²) in [7, 11) is 1.61. The molecule has 0 radical (unpaired) electrons. The van der Waals surface area contributed by atoms with Crippen molar-refractivity contribution in [3.8, 4) is 17.2 Å². The van der Waals surface area contributed by atoms with Gasteiger partial charge in [0.05, 0.1) is 12.9 Å². The third-order valence-corrected chi connectivity index (χ3v) is 6.07. The molecule has 0 saturated heterocycles. The lowest BCUT2D eigenvalue weighted by Crippen LogP contribution is -2.12. The minimum absolute atomic E-state index is 0.0125. The van der Waals surface area contributed by atoms with E-state index in [1.807, 2.05) is 66.1 Å². The first-order valence-corrected chi connectivity index (χ1v) is 11.6. The first kappa shape index (κ1) is 22.9. The number of para-hydroxylation sites is 1. The van der Waals surface area contributed by atoms with Crippen molar-refractivity contribution in [1.82, 2.24) is 14.8 Å². The first-order valence-electron chi connectivity index (χ1n) is 10.3. The molecule has 4 aromatic rings. The Kier molecular flexibility index (Phi) is 7.32. The lowest BCUT2D eigenvalue weighted by atomic mass is 10.1. The van der Waals surface area contributed by atoms with Gasteiger partial charge in [0.1, 0.15) is 11.5 Å². The van der Waals surface area contributed by atoms with Crippen LogP contribution in [0.5, 0.6) is 11.5 Å². The predicted octanol–water partition coefficient (Wildman–Crippen LogP) is 6.04. The summed E-state index contributed by atoms with van der Waals surface area (Å²) in [5.74, 6) is 2.21. The number of rotatable bonds is 9. The Morgan fingerprint density at radius 2 is 1.73 bits per heavy atom. The number of benzene rings is 3. The van der Waals surface area contributed by atoms with Crippen LogP contribution in [-0.4, -0.2) is 33.4 Å². The molecule has 33 heavy (non-hydrogen) atoms. The fourth-order valence-corrected chi connectivity index (χ4v) is 4.22. The lowest BCUT2D eigenvalue weighted by molar-refractivity contribution is 0.102. The summed E-state index contributed by atoms with van der Waals surface area (Å²) in [4.78, 5) is 12.7. The van der Waals surface area contributed by atoms with Crippen molar-refractivity contribution >= 4 is 29.1 Å². The molecule has 0 N–H and O–H groups in total.